The number of anilines is 2. The van der Waals surface area contributed by atoms with Gasteiger partial charge in [-0.2, -0.15) is 0 Å². The van der Waals surface area contributed by atoms with Crippen LogP contribution in [-0.4, -0.2) is 25.8 Å². The number of nitrogens with one attached hydrogen (secondary N) is 3. The fraction of sp³-hybridized carbons (Fsp3) is 0.182. The van der Waals surface area contributed by atoms with Gasteiger partial charge in [-0.05, 0) is 42.3 Å². The Bertz CT molecular complexity index is 1090. The van der Waals surface area contributed by atoms with Crippen LogP contribution >= 0.6 is 0 Å². The molecule has 4 aromatic rings. The SMILES string of the molecule is CC(C)[C@H](NC(=O)c1cccc(Nc2ncccn2)c1)c1nc2ccccc2[nH]1. The van der Waals surface area contributed by atoms with Crippen LogP contribution in [0.25, 0.3) is 11.0 Å². The molecule has 0 bridgehead atoms. The third-order valence-corrected chi connectivity index (χ3v) is 4.60. The summed E-state index contributed by atoms with van der Waals surface area (Å²) in [6.45, 7) is 4.12. The van der Waals surface area contributed by atoms with Crippen molar-refractivity contribution in [3.63, 3.8) is 0 Å². The first kappa shape index (κ1) is 18.6. The number of carbonyl (C=O) groups is 1. The van der Waals surface area contributed by atoms with Crippen LogP contribution in [0, 0.1) is 5.92 Å². The van der Waals surface area contributed by atoms with Gasteiger partial charge in [-0.1, -0.05) is 32.0 Å². The second kappa shape index (κ2) is 8.10. The van der Waals surface area contributed by atoms with Crippen molar-refractivity contribution >= 4 is 28.6 Å². The van der Waals surface area contributed by atoms with Gasteiger partial charge in [-0.15, -0.1) is 0 Å². The normalized spacial score (nSPS) is 12.1. The lowest BCUT2D eigenvalue weighted by Gasteiger charge is -2.20. The summed E-state index contributed by atoms with van der Waals surface area (Å²) in [5, 5.41) is 6.21. The topological polar surface area (TPSA) is 95.6 Å². The van der Waals surface area contributed by atoms with E-state index in [2.05, 4.69) is 44.4 Å². The van der Waals surface area contributed by atoms with Crippen LogP contribution < -0.4 is 10.6 Å². The van der Waals surface area contributed by atoms with Crippen LogP contribution in [0.4, 0.5) is 11.6 Å². The summed E-state index contributed by atoms with van der Waals surface area (Å²) in [4.78, 5) is 29.2. The smallest absolute Gasteiger partial charge is 0.251 e. The van der Waals surface area contributed by atoms with Crippen molar-refractivity contribution < 1.29 is 4.79 Å². The fourth-order valence-electron chi connectivity index (χ4n) is 3.13. The molecule has 0 radical (unpaired) electrons. The Labute approximate surface area is 168 Å². The number of hydrogen-bond donors (Lipinski definition) is 3. The van der Waals surface area contributed by atoms with Crippen molar-refractivity contribution in [3.05, 3.63) is 78.4 Å². The highest BCUT2D eigenvalue weighted by Crippen LogP contribution is 2.23. The highest BCUT2D eigenvalue weighted by Gasteiger charge is 2.22. The minimum atomic E-state index is -0.232. The molecule has 7 nitrogen and oxygen atoms in total. The first-order chi connectivity index (χ1) is 14.1. The van der Waals surface area contributed by atoms with Crippen LogP contribution in [0.1, 0.15) is 36.1 Å². The number of imidazole rings is 1. The van der Waals surface area contributed by atoms with Crippen LogP contribution in [0.15, 0.2) is 67.0 Å². The van der Waals surface area contributed by atoms with Crippen molar-refractivity contribution in [2.75, 3.05) is 5.32 Å². The van der Waals surface area contributed by atoms with E-state index in [1.165, 1.54) is 0 Å². The van der Waals surface area contributed by atoms with Gasteiger partial charge in [0.2, 0.25) is 5.95 Å². The molecule has 2 aromatic carbocycles. The van der Waals surface area contributed by atoms with Crippen molar-refractivity contribution in [1.29, 1.82) is 0 Å². The molecule has 0 aliphatic rings. The summed E-state index contributed by atoms with van der Waals surface area (Å²) >= 11 is 0. The molecule has 0 fully saturated rings. The molecule has 0 saturated carbocycles. The van der Waals surface area contributed by atoms with Gasteiger partial charge in [0.05, 0.1) is 17.1 Å². The molecule has 1 atom stereocenters. The molecule has 3 N–H and O–H groups in total. The van der Waals surface area contributed by atoms with Crippen molar-refractivity contribution in [1.82, 2.24) is 25.3 Å². The van der Waals surface area contributed by atoms with E-state index in [-0.39, 0.29) is 17.9 Å². The molecule has 29 heavy (non-hydrogen) atoms. The number of carbonyl (C=O) groups excluding carboxylic acids is 1. The van der Waals surface area contributed by atoms with Crippen LogP contribution in [0.3, 0.4) is 0 Å². The fourth-order valence-corrected chi connectivity index (χ4v) is 3.13. The molecule has 1 amide bonds. The largest absolute Gasteiger partial charge is 0.342 e. The van der Waals surface area contributed by atoms with E-state index in [0.717, 1.165) is 22.5 Å². The number of H-pyrrole nitrogens is 1. The van der Waals surface area contributed by atoms with E-state index in [0.29, 0.717) is 11.5 Å². The van der Waals surface area contributed by atoms with Gasteiger partial charge in [0.25, 0.3) is 5.91 Å². The van der Waals surface area contributed by atoms with Crippen LogP contribution in [0.2, 0.25) is 0 Å². The maximum Gasteiger partial charge on any atom is 0.251 e. The van der Waals surface area contributed by atoms with E-state index in [1.54, 1.807) is 30.6 Å². The van der Waals surface area contributed by atoms with E-state index in [9.17, 15) is 4.79 Å². The molecule has 4 rings (SSSR count). The molecule has 146 valence electrons. The lowest BCUT2D eigenvalue weighted by molar-refractivity contribution is 0.0923. The number of para-hydroxylation sites is 2. The van der Waals surface area contributed by atoms with Crippen LogP contribution in [0.5, 0.6) is 0 Å². The minimum Gasteiger partial charge on any atom is -0.342 e. The summed E-state index contributed by atoms with van der Waals surface area (Å²) in [7, 11) is 0. The van der Waals surface area contributed by atoms with Crippen molar-refractivity contribution in [2.45, 2.75) is 19.9 Å². The number of hydrogen-bond acceptors (Lipinski definition) is 5. The van der Waals surface area contributed by atoms with Gasteiger partial charge in [-0.25, -0.2) is 15.0 Å². The van der Waals surface area contributed by atoms with Gasteiger partial charge in [0.1, 0.15) is 5.82 Å². The number of aromatic nitrogens is 4. The number of aromatic amines is 1. The zero-order chi connectivity index (χ0) is 20.2. The van der Waals surface area contributed by atoms with Gasteiger partial charge >= 0.3 is 0 Å². The molecule has 0 saturated heterocycles. The lowest BCUT2D eigenvalue weighted by Crippen LogP contribution is -2.32. The van der Waals surface area contributed by atoms with Crippen molar-refractivity contribution in [2.24, 2.45) is 5.92 Å². The average Bonchev–Trinajstić information content (AvgIpc) is 3.16. The highest BCUT2D eigenvalue weighted by atomic mass is 16.1. The number of fused-ring (bicyclic) bond motifs is 1. The summed E-state index contributed by atoms with van der Waals surface area (Å²) in [5.41, 5.74) is 3.13. The summed E-state index contributed by atoms with van der Waals surface area (Å²) in [6.07, 6.45) is 3.32. The predicted octanol–water partition coefficient (Wildman–Crippen LogP) is 4.22. The molecular weight excluding hydrogens is 364 g/mol. The average molecular weight is 386 g/mol. The Morgan fingerprint density at radius 1 is 1.00 bits per heavy atom. The standard InChI is InChI=1S/C22H22N6O/c1-14(2)19(20-26-17-9-3-4-10-18(17)27-20)28-21(29)15-7-5-8-16(13-15)25-22-23-11-6-12-24-22/h3-14,19H,1-2H3,(H,26,27)(H,28,29)(H,23,24,25)/t19-/m0/s1. The second-order valence-electron chi connectivity index (χ2n) is 7.11. The maximum absolute atomic E-state index is 12.9. The third kappa shape index (κ3) is 4.24. The Kier molecular flexibility index (Phi) is 5.20. The second-order valence-corrected chi connectivity index (χ2v) is 7.11. The first-order valence-corrected chi connectivity index (χ1v) is 9.50. The van der Waals surface area contributed by atoms with Gasteiger partial charge in [0, 0.05) is 23.6 Å². The Balaban J connectivity index is 1.54. The molecule has 0 unspecified atom stereocenters. The van der Waals surface area contributed by atoms with Crippen LogP contribution in [-0.2, 0) is 0 Å². The monoisotopic (exact) mass is 386 g/mol. The Morgan fingerprint density at radius 3 is 2.55 bits per heavy atom. The van der Waals surface area contributed by atoms with E-state index >= 15 is 0 Å². The van der Waals surface area contributed by atoms with Gasteiger partial charge in [0.15, 0.2) is 0 Å². The highest BCUT2D eigenvalue weighted by molar-refractivity contribution is 5.95. The quantitative estimate of drug-likeness (QED) is 0.461. The number of benzene rings is 2. The van der Waals surface area contributed by atoms with Gasteiger partial charge in [-0.3, -0.25) is 4.79 Å². The Morgan fingerprint density at radius 2 is 1.79 bits per heavy atom. The zero-order valence-electron chi connectivity index (χ0n) is 16.3. The summed E-state index contributed by atoms with van der Waals surface area (Å²) in [6, 6.07) is 16.6. The zero-order valence-corrected chi connectivity index (χ0v) is 16.3. The number of rotatable bonds is 6. The third-order valence-electron chi connectivity index (χ3n) is 4.60. The first-order valence-electron chi connectivity index (χ1n) is 9.50. The Hall–Kier alpha value is -3.74. The van der Waals surface area contributed by atoms with E-state index < -0.39 is 0 Å². The lowest BCUT2D eigenvalue weighted by atomic mass is 10.0. The molecule has 2 aromatic heterocycles. The maximum atomic E-state index is 12.9. The summed E-state index contributed by atoms with van der Waals surface area (Å²) in [5.74, 6) is 1.23. The minimum absolute atomic E-state index is 0.165. The molecule has 2 heterocycles. The predicted molar refractivity (Wildman–Crippen MR) is 113 cm³/mol. The molecule has 0 spiro atoms. The van der Waals surface area contributed by atoms with E-state index in [4.69, 9.17) is 0 Å². The van der Waals surface area contributed by atoms with Gasteiger partial charge < -0.3 is 15.6 Å². The molecule has 7 heteroatoms. The van der Waals surface area contributed by atoms with E-state index in [1.807, 2.05) is 36.4 Å². The molecule has 0 aliphatic carbocycles. The molecule has 0 aliphatic heterocycles. The number of amides is 1. The van der Waals surface area contributed by atoms with Crippen molar-refractivity contribution in [3.8, 4) is 0 Å². The summed E-state index contributed by atoms with van der Waals surface area (Å²) < 4.78 is 0. The number of nitrogens with zero attached hydrogens (tertiary/aromatic N) is 3. The molecular formula is C22H22N6O.